The number of ether oxygens (including phenoxy) is 2. The van der Waals surface area contributed by atoms with E-state index in [0.29, 0.717) is 5.75 Å². The second-order valence-electron chi connectivity index (χ2n) is 6.61. The maximum atomic E-state index is 9.81. The highest BCUT2D eigenvalue weighted by atomic mass is 32.1. The van der Waals surface area contributed by atoms with Crippen LogP contribution in [0.3, 0.4) is 0 Å². The molecule has 116 valence electrons. The van der Waals surface area contributed by atoms with Gasteiger partial charge in [0.2, 0.25) is 0 Å². The monoisotopic (exact) mass is 324 g/mol. The fourth-order valence-electron chi connectivity index (χ4n) is 3.66. The molecule has 2 atom stereocenters. The number of phenols is 1. The van der Waals surface area contributed by atoms with Crippen LogP contribution in [0.1, 0.15) is 31.1 Å². The minimum absolute atomic E-state index is 0.0401. The SMILES string of the molecule is CC1(C)O[C@H]2C=Cc3ccc4c(sc5ccc(O)cc54)c3[C@H]2O1. The molecule has 1 aromatic heterocycles. The molecular formula is C19H16O3S. The zero-order chi connectivity index (χ0) is 15.8. The van der Waals surface area contributed by atoms with Gasteiger partial charge in [0, 0.05) is 25.7 Å². The number of benzene rings is 2. The van der Waals surface area contributed by atoms with E-state index in [4.69, 9.17) is 9.47 Å². The van der Waals surface area contributed by atoms with Crippen molar-refractivity contribution in [3.05, 3.63) is 47.5 Å². The van der Waals surface area contributed by atoms with Crippen LogP contribution < -0.4 is 0 Å². The Morgan fingerprint density at radius 2 is 1.96 bits per heavy atom. The van der Waals surface area contributed by atoms with Gasteiger partial charge in [0.05, 0.1) is 0 Å². The van der Waals surface area contributed by atoms with Crippen molar-refractivity contribution in [3.8, 4) is 5.75 Å². The Morgan fingerprint density at radius 3 is 2.83 bits per heavy atom. The molecule has 4 heteroatoms. The zero-order valence-electron chi connectivity index (χ0n) is 12.9. The van der Waals surface area contributed by atoms with Crippen LogP contribution in [0.2, 0.25) is 0 Å². The standard InChI is InChI=1S/C19H16O3S/c1-19(2)21-14-7-4-10-3-6-12-13-9-11(20)5-8-15(13)23-18(12)16(10)17(14)22-19/h3-9,14,17,20H,1-2H3/t14-,17-/m0/s1. The van der Waals surface area contributed by atoms with Crippen LogP contribution in [0.4, 0.5) is 0 Å². The average Bonchev–Trinajstić information content (AvgIpc) is 3.02. The van der Waals surface area contributed by atoms with Crippen LogP contribution in [0.15, 0.2) is 36.4 Å². The van der Waals surface area contributed by atoms with E-state index in [1.165, 1.54) is 25.9 Å². The average molecular weight is 324 g/mol. The summed E-state index contributed by atoms with van der Waals surface area (Å²) in [6, 6.07) is 9.83. The molecule has 0 spiro atoms. The second-order valence-corrected chi connectivity index (χ2v) is 7.66. The maximum absolute atomic E-state index is 9.81. The molecule has 1 saturated heterocycles. The fourth-order valence-corrected chi connectivity index (χ4v) is 4.92. The molecule has 0 radical (unpaired) electrons. The zero-order valence-corrected chi connectivity index (χ0v) is 13.7. The Morgan fingerprint density at radius 1 is 1.09 bits per heavy atom. The van der Waals surface area contributed by atoms with Crippen molar-refractivity contribution < 1.29 is 14.6 Å². The summed E-state index contributed by atoms with van der Waals surface area (Å²) >= 11 is 1.75. The summed E-state index contributed by atoms with van der Waals surface area (Å²) in [5.41, 5.74) is 2.40. The summed E-state index contributed by atoms with van der Waals surface area (Å²) in [6.45, 7) is 3.92. The van der Waals surface area contributed by atoms with Gasteiger partial charge in [-0.15, -0.1) is 11.3 Å². The lowest BCUT2D eigenvalue weighted by Gasteiger charge is -2.22. The Balaban J connectivity index is 1.83. The second kappa shape index (κ2) is 4.35. The molecular weight excluding hydrogens is 308 g/mol. The van der Waals surface area contributed by atoms with Crippen LogP contribution in [-0.2, 0) is 9.47 Å². The van der Waals surface area contributed by atoms with E-state index in [1.807, 2.05) is 26.0 Å². The highest BCUT2D eigenvalue weighted by Gasteiger charge is 2.43. The number of aromatic hydroxyl groups is 1. The first kappa shape index (κ1) is 13.5. The lowest BCUT2D eigenvalue weighted by atomic mass is 9.91. The van der Waals surface area contributed by atoms with E-state index in [0.717, 1.165) is 5.39 Å². The Bertz CT molecular complexity index is 983. The summed E-state index contributed by atoms with van der Waals surface area (Å²) in [6.07, 6.45) is 4.10. The normalized spacial score (nSPS) is 25.0. The molecule has 0 amide bonds. The first-order valence-electron chi connectivity index (χ1n) is 7.74. The fraction of sp³-hybridized carbons (Fsp3) is 0.263. The van der Waals surface area contributed by atoms with Gasteiger partial charge in [-0.3, -0.25) is 0 Å². The van der Waals surface area contributed by atoms with E-state index in [1.54, 1.807) is 17.4 Å². The first-order chi connectivity index (χ1) is 11.0. The summed E-state index contributed by atoms with van der Waals surface area (Å²) in [7, 11) is 0. The van der Waals surface area contributed by atoms with Gasteiger partial charge in [-0.05, 0) is 37.6 Å². The number of thiophene rings is 1. The molecule has 0 unspecified atom stereocenters. The number of rotatable bonds is 0. The lowest BCUT2D eigenvalue weighted by Crippen LogP contribution is -2.20. The van der Waals surface area contributed by atoms with Crippen LogP contribution in [0, 0.1) is 0 Å². The smallest absolute Gasteiger partial charge is 0.164 e. The first-order valence-corrected chi connectivity index (χ1v) is 8.55. The highest BCUT2D eigenvalue weighted by molar-refractivity contribution is 7.26. The predicted molar refractivity (Wildman–Crippen MR) is 92.8 cm³/mol. The van der Waals surface area contributed by atoms with Crippen molar-refractivity contribution in [2.24, 2.45) is 0 Å². The molecule has 3 nitrogen and oxygen atoms in total. The molecule has 1 aliphatic heterocycles. The summed E-state index contributed by atoms with van der Waals surface area (Å²) in [4.78, 5) is 0. The van der Waals surface area contributed by atoms with E-state index in [-0.39, 0.29) is 12.2 Å². The highest BCUT2D eigenvalue weighted by Crippen LogP contribution is 2.48. The summed E-state index contributed by atoms with van der Waals surface area (Å²) < 4.78 is 14.6. The van der Waals surface area contributed by atoms with Gasteiger partial charge in [-0.25, -0.2) is 0 Å². The van der Waals surface area contributed by atoms with E-state index >= 15 is 0 Å². The minimum Gasteiger partial charge on any atom is -0.508 e. The molecule has 0 saturated carbocycles. The van der Waals surface area contributed by atoms with Gasteiger partial charge in [-0.2, -0.15) is 0 Å². The summed E-state index contributed by atoms with van der Waals surface area (Å²) in [5.74, 6) is -0.271. The van der Waals surface area contributed by atoms with Crippen LogP contribution in [0.25, 0.3) is 26.2 Å². The predicted octanol–water partition coefficient (Wildman–Crippen LogP) is 4.98. The van der Waals surface area contributed by atoms with Gasteiger partial charge in [-0.1, -0.05) is 24.3 Å². The van der Waals surface area contributed by atoms with Crippen molar-refractivity contribution in [1.82, 2.24) is 0 Å². The quantitative estimate of drug-likeness (QED) is 0.634. The van der Waals surface area contributed by atoms with Crippen LogP contribution in [-0.4, -0.2) is 17.0 Å². The molecule has 1 N–H and O–H groups in total. The Kier molecular flexibility index (Phi) is 2.56. The molecule has 3 aromatic rings. The maximum Gasteiger partial charge on any atom is 0.164 e. The van der Waals surface area contributed by atoms with Crippen LogP contribution >= 0.6 is 11.3 Å². The van der Waals surface area contributed by atoms with Gasteiger partial charge in [0.1, 0.15) is 18.0 Å². The molecule has 0 bridgehead atoms. The van der Waals surface area contributed by atoms with E-state index in [9.17, 15) is 5.11 Å². The molecule has 2 heterocycles. The molecule has 1 aliphatic carbocycles. The molecule has 1 fully saturated rings. The lowest BCUT2D eigenvalue weighted by molar-refractivity contribution is -0.143. The van der Waals surface area contributed by atoms with E-state index < -0.39 is 5.79 Å². The molecule has 2 aromatic carbocycles. The van der Waals surface area contributed by atoms with Crippen molar-refractivity contribution in [2.75, 3.05) is 0 Å². The largest absolute Gasteiger partial charge is 0.508 e. The minimum atomic E-state index is -0.571. The Hall–Kier alpha value is -1.88. The van der Waals surface area contributed by atoms with Crippen molar-refractivity contribution in [2.45, 2.75) is 31.8 Å². The number of fused-ring (bicyclic) bond motifs is 7. The third kappa shape index (κ3) is 1.89. The Labute approximate surface area is 137 Å². The van der Waals surface area contributed by atoms with Crippen molar-refractivity contribution in [1.29, 1.82) is 0 Å². The van der Waals surface area contributed by atoms with Gasteiger partial charge in [0.25, 0.3) is 0 Å². The van der Waals surface area contributed by atoms with Gasteiger partial charge < -0.3 is 14.6 Å². The molecule has 23 heavy (non-hydrogen) atoms. The van der Waals surface area contributed by atoms with Crippen molar-refractivity contribution in [3.63, 3.8) is 0 Å². The topological polar surface area (TPSA) is 38.7 Å². The van der Waals surface area contributed by atoms with E-state index in [2.05, 4.69) is 24.3 Å². The van der Waals surface area contributed by atoms with Gasteiger partial charge in [0.15, 0.2) is 5.79 Å². The number of phenolic OH excluding ortho intramolecular Hbond substituents is 1. The van der Waals surface area contributed by atoms with Gasteiger partial charge >= 0.3 is 0 Å². The van der Waals surface area contributed by atoms with Crippen molar-refractivity contribution >= 4 is 37.6 Å². The molecule has 2 aliphatic rings. The number of hydrogen-bond donors (Lipinski definition) is 1. The third-order valence-corrected chi connectivity index (χ3v) is 5.79. The summed E-state index contributed by atoms with van der Waals surface area (Å²) in [5, 5.41) is 12.1. The van der Waals surface area contributed by atoms with Crippen LogP contribution in [0.5, 0.6) is 5.75 Å². The number of hydrogen-bond acceptors (Lipinski definition) is 4. The third-order valence-electron chi connectivity index (χ3n) is 4.57. The molecule has 5 rings (SSSR count).